The van der Waals surface area contributed by atoms with E-state index in [1.54, 1.807) is 0 Å². The fourth-order valence-corrected chi connectivity index (χ4v) is 2.59. The molecule has 2 heteroatoms. The molecular weight excluding hydrogens is 220 g/mol. The van der Waals surface area contributed by atoms with E-state index in [1.807, 2.05) is 6.20 Å². The minimum Gasteiger partial charge on any atom is -0.300 e. The van der Waals surface area contributed by atoms with E-state index < -0.39 is 0 Å². The predicted octanol–water partition coefficient (Wildman–Crippen LogP) is 3.34. The summed E-state index contributed by atoms with van der Waals surface area (Å²) in [5.74, 6) is 0. The van der Waals surface area contributed by atoms with Crippen LogP contribution in [0.15, 0.2) is 42.6 Å². The van der Waals surface area contributed by atoms with E-state index in [1.165, 1.54) is 22.0 Å². The van der Waals surface area contributed by atoms with E-state index in [9.17, 15) is 0 Å². The van der Waals surface area contributed by atoms with Crippen molar-refractivity contribution < 1.29 is 0 Å². The average molecular weight is 238 g/mol. The van der Waals surface area contributed by atoms with Crippen molar-refractivity contribution in [1.29, 1.82) is 0 Å². The summed E-state index contributed by atoms with van der Waals surface area (Å²) in [6, 6.07) is 10.6. The van der Waals surface area contributed by atoms with Crippen LogP contribution in [0.1, 0.15) is 19.0 Å². The lowest BCUT2D eigenvalue weighted by atomic mass is 9.99. The maximum absolute atomic E-state index is 4.59. The molecule has 0 atom stereocenters. The van der Waals surface area contributed by atoms with Gasteiger partial charge in [0.2, 0.25) is 0 Å². The summed E-state index contributed by atoms with van der Waals surface area (Å²) >= 11 is 0. The van der Waals surface area contributed by atoms with Gasteiger partial charge in [0.05, 0.1) is 5.69 Å². The molecule has 0 saturated heterocycles. The highest BCUT2D eigenvalue weighted by Gasteiger charge is 2.13. The Kier molecular flexibility index (Phi) is 3.11. The molecule has 3 rings (SSSR count). The van der Waals surface area contributed by atoms with Gasteiger partial charge in [-0.15, -0.1) is 0 Å². The number of hydrogen-bond donors (Lipinski definition) is 0. The maximum atomic E-state index is 4.59. The van der Waals surface area contributed by atoms with Crippen LogP contribution in [0.4, 0.5) is 0 Å². The number of aromatic nitrogens is 1. The number of hydrogen-bond acceptors (Lipinski definition) is 2. The lowest BCUT2D eigenvalue weighted by Gasteiger charge is -2.24. The van der Waals surface area contributed by atoms with Crippen LogP contribution in [0.25, 0.3) is 16.3 Å². The third kappa shape index (κ3) is 2.04. The molecule has 0 N–H and O–H groups in total. The molecule has 0 radical (unpaired) electrons. The molecule has 1 aliphatic rings. The van der Waals surface area contributed by atoms with E-state index in [0.717, 1.165) is 26.1 Å². The van der Waals surface area contributed by atoms with Crippen molar-refractivity contribution in [2.24, 2.45) is 0 Å². The van der Waals surface area contributed by atoms with Gasteiger partial charge in [0.15, 0.2) is 0 Å². The first kappa shape index (κ1) is 11.4. The minimum atomic E-state index is 1.05. The average Bonchev–Trinajstić information content (AvgIpc) is 2.47. The second-order valence-electron chi connectivity index (χ2n) is 4.75. The molecule has 2 nitrogen and oxygen atoms in total. The zero-order valence-electron chi connectivity index (χ0n) is 10.8. The molecule has 0 bridgehead atoms. The fraction of sp³-hybridized carbons (Fsp3) is 0.312. The molecule has 2 heterocycles. The summed E-state index contributed by atoms with van der Waals surface area (Å²) < 4.78 is 0. The Morgan fingerprint density at radius 3 is 2.89 bits per heavy atom. The Labute approximate surface area is 108 Å². The molecule has 1 aromatic carbocycles. The van der Waals surface area contributed by atoms with Crippen LogP contribution in [0.3, 0.4) is 0 Å². The number of nitrogens with zero attached hydrogens (tertiary/aromatic N) is 2. The Bertz CT molecular complexity index is 581. The lowest BCUT2D eigenvalue weighted by molar-refractivity contribution is 0.318. The molecule has 0 saturated carbocycles. The summed E-state index contributed by atoms with van der Waals surface area (Å²) in [6.07, 6.45) is 5.36. The normalized spacial score (nSPS) is 16.8. The van der Waals surface area contributed by atoms with Gasteiger partial charge in [0.1, 0.15) is 0 Å². The van der Waals surface area contributed by atoms with Crippen molar-refractivity contribution in [2.75, 3.05) is 19.6 Å². The van der Waals surface area contributed by atoms with Crippen LogP contribution in [0, 0.1) is 0 Å². The van der Waals surface area contributed by atoms with Crippen molar-refractivity contribution in [2.45, 2.75) is 13.3 Å². The van der Waals surface area contributed by atoms with Gasteiger partial charge in [0.25, 0.3) is 0 Å². The van der Waals surface area contributed by atoms with Crippen molar-refractivity contribution in [3.8, 4) is 0 Å². The number of fused-ring (bicyclic) bond motifs is 1. The Morgan fingerprint density at radius 1 is 1.22 bits per heavy atom. The molecule has 0 aliphatic carbocycles. The molecule has 0 unspecified atom stereocenters. The molecular formula is C16H18N2. The SMILES string of the molecule is CCN1CC=C(c2nccc3ccccc23)CC1. The van der Waals surface area contributed by atoms with Gasteiger partial charge < -0.3 is 0 Å². The first-order valence-corrected chi connectivity index (χ1v) is 6.64. The molecule has 0 fully saturated rings. The maximum Gasteiger partial charge on any atom is 0.0737 e. The highest BCUT2D eigenvalue weighted by Crippen LogP contribution is 2.27. The molecule has 1 aliphatic heterocycles. The van der Waals surface area contributed by atoms with Crippen LogP contribution in [0.5, 0.6) is 0 Å². The Hall–Kier alpha value is -1.67. The standard InChI is InChI=1S/C16H18N2/c1-2-18-11-8-14(9-12-18)16-15-6-4-3-5-13(15)7-10-17-16/h3-8,10H,2,9,11-12H2,1H3. The summed E-state index contributed by atoms with van der Waals surface area (Å²) in [5, 5.41) is 2.55. The minimum absolute atomic E-state index is 1.05. The molecule has 92 valence electrons. The summed E-state index contributed by atoms with van der Waals surface area (Å²) in [6.45, 7) is 5.55. The van der Waals surface area contributed by atoms with Crippen molar-refractivity contribution in [3.63, 3.8) is 0 Å². The largest absolute Gasteiger partial charge is 0.300 e. The molecule has 0 spiro atoms. The smallest absolute Gasteiger partial charge is 0.0737 e. The topological polar surface area (TPSA) is 16.1 Å². The van der Waals surface area contributed by atoms with Crippen molar-refractivity contribution >= 4 is 16.3 Å². The third-order valence-electron chi connectivity index (χ3n) is 3.72. The van der Waals surface area contributed by atoms with Crippen LogP contribution in [-0.2, 0) is 0 Å². The summed E-state index contributed by atoms with van der Waals surface area (Å²) in [5.41, 5.74) is 2.57. The number of likely N-dealkylation sites (N-methyl/N-ethyl adjacent to an activating group) is 1. The Morgan fingerprint density at radius 2 is 2.11 bits per heavy atom. The van der Waals surface area contributed by atoms with Crippen LogP contribution in [0.2, 0.25) is 0 Å². The third-order valence-corrected chi connectivity index (χ3v) is 3.72. The van der Waals surface area contributed by atoms with E-state index in [0.29, 0.717) is 0 Å². The summed E-state index contributed by atoms with van der Waals surface area (Å²) in [7, 11) is 0. The van der Waals surface area contributed by atoms with Gasteiger partial charge in [-0.2, -0.15) is 0 Å². The zero-order chi connectivity index (χ0) is 12.4. The van der Waals surface area contributed by atoms with Crippen LogP contribution >= 0.6 is 0 Å². The number of rotatable bonds is 2. The second kappa shape index (κ2) is 4.91. The van der Waals surface area contributed by atoms with Gasteiger partial charge >= 0.3 is 0 Å². The quantitative estimate of drug-likeness (QED) is 0.797. The van der Waals surface area contributed by atoms with Crippen molar-refractivity contribution in [3.05, 3.63) is 48.3 Å². The second-order valence-corrected chi connectivity index (χ2v) is 4.75. The lowest BCUT2D eigenvalue weighted by Crippen LogP contribution is -2.28. The molecule has 2 aromatic rings. The molecule has 18 heavy (non-hydrogen) atoms. The summed E-state index contributed by atoms with van der Waals surface area (Å²) in [4.78, 5) is 7.05. The fourth-order valence-electron chi connectivity index (χ4n) is 2.59. The molecule has 1 aromatic heterocycles. The van der Waals surface area contributed by atoms with Gasteiger partial charge in [-0.05, 0) is 30.0 Å². The van der Waals surface area contributed by atoms with Gasteiger partial charge in [-0.1, -0.05) is 37.3 Å². The monoisotopic (exact) mass is 238 g/mol. The molecule has 0 amide bonds. The Balaban J connectivity index is 2.02. The highest BCUT2D eigenvalue weighted by atomic mass is 15.1. The van der Waals surface area contributed by atoms with Gasteiger partial charge in [-0.25, -0.2) is 0 Å². The first-order chi connectivity index (χ1) is 8.88. The van der Waals surface area contributed by atoms with Gasteiger partial charge in [0, 0.05) is 24.7 Å². The van der Waals surface area contributed by atoms with Gasteiger partial charge in [-0.3, -0.25) is 9.88 Å². The van der Waals surface area contributed by atoms with E-state index >= 15 is 0 Å². The first-order valence-electron chi connectivity index (χ1n) is 6.64. The van der Waals surface area contributed by atoms with E-state index in [-0.39, 0.29) is 0 Å². The number of benzene rings is 1. The highest BCUT2D eigenvalue weighted by molar-refractivity contribution is 5.92. The van der Waals surface area contributed by atoms with Crippen LogP contribution < -0.4 is 0 Å². The zero-order valence-corrected chi connectivity index (χ0v) is 10.8. The van der Waals surface area contributed by atoms with Crippen molar-refractivity contribution in [1.82, 2.24) is 9.88 Å². The predicted molar refractivity (Wildman–Crippen MR) is 76.5 cm³/mol. The van der Waals surface area contributed by atoms with Crippen LogP contribution in [-0.4, -0.2) is 29.5 Å². The number of pyridine rings is 1. The van der Waals surface area contributed by atoms with E-state index in [4.69, 9.17) is 0 Å². The van der Waals surface area contributed by atoms with E-state index in [2.05, 4.69) is 53.2 Å².